The number of rotatable bonds is 2. The molecule has 3 heteroatoms. The highest BCUT2D eigenvalue weighted by Gasteiger charge is 1.96. The Morgan fingerprint density at radius 3 is 2.75 bits per heavy atom. The van der Waals surface area contributed by atoms with Gasteiger partial charge in [0.1, 0.15) is 5.82 Å². The van der Waals surface area contributed by atoms with Crippen LogP contribution >= 0.6 is 31.9 Å². The molecule has 1 aromatic carbocycles. The maximum atomic E-state index is 12.6. The molecular formula is C9H7Br2F. The fourth-order valence-electron chi connectivity index (χ4n) is 0.808. The lowest BCUT2D eigenvalue weighted by Crippen LogP contribution is -1.78. The molecule has 12 heavy (non-hydrogen) atoms. The minimum Gasteiger partial charge on any atom is -0.207 e. The molecule has 0 N–H and O–H groups in total. The van der Waals surface area contributed by atoms with Crippen LogP contribution in [0.2, 0.25) is 0 Å². The zero-order valence-electron chi connectivity index (χ0n) is 6.23. The molecule has 0 spiro atoms. The number of hydrogen-bond donors (Lipinski definition) is 0. The first-order chi connectivity index (χ1) is 5.74. The second-order valence-corrected chi connectivity index (χ2v) is 3.72. The van der Waals surface area contributed by atoms with E-state index in [1.807, 2.05) is 12.2 Å². The molecule has 0 saturated carbocycles. The van der Waals surface area contributed by atoms with E-state index in [0.29, 0.717) is 0 Å². The fourth-order valence-corrected chi connectivity index (χ4v) is 1.48. The lowest BCUT2D eigenvalue weighted by Gasteiger charge is -1.97. The standard InChI is InChI=1S/C9H7Br2F/c10-5-1-2-7-3-4-8(12)6-9(7)11/h1-4,6H,5H2/b2-1+. The van der Waals surface area contributed by atoms with Gasteiger partial charge in [0.15, 0.2) is 0 Å². The molecule has 0 aromatic heterocycles. The van der Waals surface area contributed by atoms with Gasteiger partial charge in [-0.25, -0.2) is 4.39 Å². The van der Waals surface area contributed by atoms with Crippen molar-refractivity contribution in [3.8, 4) is 0 Å². The third-order valence-electron chi connectivity index (χ3n) is 1.35. The fraction of sp³-hybridized carbons (Fsp3) is 0.111. The summed E-state index contributed by atoms with van der Waals surface area (Å²) in [6, 6.07) is 4.63. The van der Waals surface area contributed by atoms with Crippen LogP contribution < -0.4 is 0 Å². The van der Waals surface area contributed by atoms with Gasteiger partial charge >= 0.3 is 0 Å². The molecule has 0 fully saturated rings. The first-order valence-corrected chi connectivity index (χ1v) is 5.33. The lowest BCUT2D eigenvalue weighted by molar-refractivity contribution is 0.627. The van der Waals surface area contributed by atoms with E-state index in [-0.39, 0.29) is 5.82 Å². The number of hydrogen-bond acceptors (Lipinski definition) is 0. The molecule has 0 saturated heterocycles. The van der Waals surface area contributed by atoms with Gasteiger partial charge in [-0.2, -0.15) is 0 Å². The summed E-state index contributed by atoms with van der Waals surface area (Å²) in [5.41, 5.74) is 0.982. The summed E-state index contributed by atoms with van der Waals surface area (Å²) in [6.07, 6.45) is 3.89. The van der Waals surface area contributed by atoms with Gasteiger partial charge in [-0.3, -0.25) is 0 Å². The maximum Gasteiger partial charge on any atom is 0.124 e. The van der Waals surface area contributed by atoms with Crippen molar-refractivity contribution in [2.45, 2.75) is 0 Å². The van der Waals surface area contributed by atoms with Crippen LogP contribution in [0.5, 0.6) is 0 Å². The van der Waals surface area contributed by atoms with Gasteiger partial charge in [0.2, 0.25) is 0 Å². The van der Waals surface area contributed by atoms with Crippen LogP contribution in [0.3, 0.4) is 0 Å². The van der Waals surface area contributed by atoms with E-state index >= 15 is 0 Å². The second-order valence-electron chi connectivity index (χ2n) is 2.22. The molecule has 0 heterocycles. The highest BCUT2D eigenvalue weighted by molar-refractivity contribution is 9.10. The van der Waals surface area contributed by atoms with Crippen molar-refractivity contribution < 1.29 is 4.39 Å². The Balaban J connectivity index is 2.94. The predicted octanol–water partition coefficient (Wildman–Crippen LogP) is 4.00. The Morgan fingerprint density at radius 2 is 2.17 bits per heavy atom. The van der Waals surface area contributed by atoms with Crippen LogP contribution in [0.1, 0.15) is 5.56 Å². The molecule has 0 amide bonds. The van der Waals surface area contributed by atoms with Gasteiger partial charge in [0.05, 0.1) is 0 Å². The van der Waals surface area contributed by atoms with Crippen LogP contribution in [-0.4, -0.2) is 5.33 Å². The summed E-state index contributed by atoms with van der Waals surface area (Å²) in [7, 11) is 0. The summed E-state index contributed by atoms with van der Waals surface area (Å²) in [6.45, 7) is 0. The Labute approximate surface area is 87.7 Å². The van der Waals surface area contributed by atoms with Gasteiger partial charge in [-0.05, 0) is 17.7 Å². The highest BCUT2D eigenvalue weighted by atomic mass is 79.9. The van der Waals surface area contributed by atoms with Crippen LogP contribution in [0.15, 0.2) is 28.7 Å². The molecule has 0 bridgehead atoms. The number of halogens is 3. The topological polar surface area (TPSA) is 0 Å². The van der Waals surface area contributed by atoms with Gasteiger partial charge in [-0.15, -0.1) is 0 Å². The van der Waals surface area contributed by atoms with E-state index in [1.165, 1.54) is 12.1 Å². The summed E-state index contributed by atoms with van der Waals surface area (Å²) < 4.78 is 13.4. The number of benzene rings is 1. The predicted molar refractivity (Wildman–Crippen MR) is 56.9 cm³/mol. The zero-order chi connectivity index (χ0) is 8.97. The van der Waals surface area contributed by atoms with Gasteiger partial charge in [0.25, 0.3) is 0 Å². The minimum atomic E-state index is -0.224. The molecule has 0 aliphatic heterocycles. The minimum absolute atomic E-state index is 0.224. The van der Waals surface area contributed by atoms with E-state index < -0.39 is 0 Å². The molecule has 0 atom stereocenters. The smallest absolute Gasteiger partial charge is 0.124 e. The van der Waals surface area contributed by atoms with Crippen molar-refractivity contribution in [1.29, 1.82) is 0 Å². The summed E-state index contributed by atoms with van der Waals surface area (Å²) in [4.78, 5) is 0. The van der Waals surface area contributed by atoms with Crippen molar-refractivity contribution in [2.24, 2.45) is 0 Å². The second kappa shape index (κ2) is 4.77. The first kappa shape index (κ1) is 9.93. The molecule has 64 valence electrons. The van der Waals surface area contributed by atoms with E-state index in [2.05, 4.69) is 31.9 Å². The largest absolute Gasteiger partial charge is 0.207 e. The molecular weight excluding hydrogens is 287 g/mol. The van der Waals surface area contributed by atoms with Crippen LogP contribution in [0.25, 0.3) is 6.08 Å². The highest BCUT2D eigenvalue weighted by Crippen LogP contribution is 2.19. The van der Waals surface area contributed by atoms with E-state index in [1.54, 1.807) is 6.07 Å². The van der Waals surface area contributed by atoms with E-state index in [4.69, 9.17) is 0 Å². The van der Waals surface area contributed by atoms with Gasteiger partial charge in [0, 0.05) is 9.80 Å². The SMILES string of the molecule is Fc1ccc(/C=C/CBr)c(Br)c1. The maximum absolute atomic E-state index is 12.6. The molecule has 0 aliphatic carbocycles. The first-order valence-electron chi connectivity index (χ1n) is 3.41. The van der Waals surface area contributed by atoms with Crippen molar-refractivity contribution in [3.63, 3.8) is 0 Å². The van der Waals surface area contributed by atoms with E-state index in [0.717, 1.165) is 15.4 Å². The normalized spacial score (nSPS) is 10.9. The quantitative estimate of drug-likeness (QED) is 0.723. The zero-order valence-corrected chi connectivity index (χ0v) is 9.40. The van der Waals surface area contributed by atoms with Crippen molar-refractivity contribution in [3.05, 3.63) is 40.1 Å². The molecule has 1 aromatic rings. The monoisotopic (exact) mass is 292 g/mol. The van der Waals surface area contributed by atoms with Crippen LogP contribution in [-0.2, 0) is 0 Å². The summed E-state index contributed by atoms with van der Waals surface area (Å²) >= 11 is 6.54. The number of alkyl halides is 1. The van der Waals surface area contributed by atoms with E-state index in [9.17, 15) is 4.39 Å². The molecule has 0 unspecified atom stereocenters. The van der Waals surface area contributed by atoms with Gasteiger partial charge in [-0.1, -0.05) is 50.1 Å². The Hall–Kier alpha value is -0.150. The number of allylic oxidation sites excluding steroid dienone is 1. The molecule has 1 rings (SSSR count). The third kappa shape index (κ3) is 2.72. The average Bonchev–Trinajstić information content (AvgIpc) is 2.03. The molecule has 0 aliphatic rings. The summed E-state index contributed by atoms with van der Waals surface area (Å²) in [5.74, 6) is -0.224. The Bertz CT molecular complexity index is 295. The Morgan fingerprint density at radius 1 is 1.42 bits per heavy atom. The van der Waals surface area contributed by atoms with Crippen LogP contribution in [0, 0.1) is 5.82 Å². The summed E-state index contributed by atoms with van der Waals surface area (Å²) in [5, 5.41) is 0.802. The van der Waals surface area contributed by atoms with Gasteiger partial charge < -0.3 is 0 Å². The average molecular weight is 294 g/mol. The van der Waals surface area contributed by atoms with Crippen molar-refractivity contribution in [1.82, 2.24) is 0 Å². The molecule has 0 radical (unpaired) electrons. The van der Waals surface area contributed by atoms with Crippen LogP contribution in [0.4, 0.5) is 4.39 Å². The van der Waals surface area contributed by atoms with Crippen molar-refractivity contribution in [2.75, 3.05) is 5.33 Å². The molecule has 0 nitrogen and oxygen atoms in total. The van der Waals surface area contributed by atoms with Crippen molar-refractivity contribution >= 4 is 37.9 Å². The Kier molecular flexibility index (Phi) is 3.95. The third-order valence-corrected chi connectivity index (χ3v) is 2.41. The lowest BCUT2D eigenvalue weighted by atomic mass is 10.2.